The van der Waals surface area contributed by atoms with Crippen LogP contribution in [0.15, 0.2) is 63.8 Å². The van der Waals surface area contributed by atoms with Crippen LogP contribution in [0.2, 0.25) is 0 Å². The molecule has 2 aromatic carbocycles. The molecule has 0 radical (unpaired) electrons. The van der Waals surface area contributed by atoms with Crippen molar-refractivity contribution in [3.63, 3.8) is 0 Å². The van der Waals surface area contributed by atoms with Gasteiger partial charge in [-0.1, -0.05) is 30.3 Å². The second-order valence-corrected chi connectivity index (χ2v) is 5.53. The number of likely N-dealkylation sites (N-methyl/N-ethyl adjacent to an activating group) is 1. The van der Waals surface area contributed by atoms with Crippen molar-refractivity contribution in [2.45, 2.75) is 6.54 Å². The summed E-state index contributed by atoms with van der Waals surface area (Å²) in [6.07, 6.45) is 0. The quantitative estimate of drug-likeness (QED) is 0.751. The highest BCUT2D eigenvalue weighted by Crippen LogP contribution is 2.11. The second-order valence-electron chi connectivity index (χ2n) is 5.53. The van der Waals surface area contributed by atoms with E-state index in [2.05, 4.69) is 10.2 Å². The smallest absolute Gasteiger partial charge is 0.408 e. The number of hydrogen-bond acceptors (Lipinski definition) is 4. The first-order valence-corrected chi connectivity index (χ1v) is 7.76. The number of carbonyl (C=O) groups excluding carboxylic acids is 1. The van der Waals surface area contributed by atoms with Gasteiger partial charge < -0.3 is 14.6 Å². The Hall–Kier alpha value is -3.02. The molecule has 124 valence electrons. The number of fused-ring (bicyclic) bond motifs is 1. The number of nitrogens with zero attached hydrogens (tertiary/aromatic N) is 2. The molecule has 1 aromatic heterocycles. The van der Waals surface area contributed by atoms with Gasteiger partial charge in [-0.3, -0.25) is 9.36 Å². The lowest BCUT2D eigenvalue weighted by atomic mass is 10.3. The van der Waals surface area contributed by atoms with Gasteiger partial charge in [0.1, 0.15) is 6.54 Å². The van der Waals surface area contributed by atoms with Crippen LogP contribution in [0.5, 0.6) is 0 Å². The molecule has 24 heavy (non-hydrogen) atoms. The van der Waals surface area contributed by atoms with Crippen LogP contribution in [0, 0.1) is 0 Å². The van der Waals surface area contributed by atoms with Crippen molar-refractivity contribution in [3.05, 3.63) is 65.1 Å². The number of aromatic nitrogens is 1. The summed E-state index contributed by atoms with van der Waals surface area (Å²) in [5.74, 6) is -0.738. The first-order valence-electron chi connectivity index (χ1n) is 7.76. The molecule has 6 heteroatoms. The topological polar surface area (TPSA) is 67.5 Å². The van der Waals surface area contributed by atoms with Crippen molar-refractivity contribution in [3.8, 4) is 0 Å². The van der Waals surface area contributed by atoms with Crippen LogP contribution < -0.4 is 16.0 Å². The van der Waals surface area contributed by atoms with Gasteiger partial charge in [0, 0.05) is 25.8 Å². The van der Waals surface area contributed by atoms with Crippen molar-refractivity contribution < 1.29 is 9.21 Å². The molecule has 0 fully saturated rings. The molecule has 0 saturated carbocycles. The van der Waals surface area contributed by atoms with Gasteiger partial charge in [0.25, 0.3) is 0 Å². The molecular formula is C18H19N3O3. The zero-order chi connectivity index (χ0) is 16.9. The van der Waals surface area contributed by atoms with Crippen molar-refractivity contribution in [2.24, 2.45) is 0 Å². The van der Waals surface area contributed by atoms with Crippen molar-refractivity contribution in [1.29, 1.82) is 0 Å². The number of anilines is 1. The lowest BCUT2D eigenvalue weighted by molar-refractivity contribution is -0.121. The van der Waals surface area contributed by atoms with Crippen LogP contribution in [0.3, 0.4) is 0 Å². The van der Waals surface area contributed by atoms with Gasteiger partial charge in [-0.05, 0) is 24.3 Å². The number of carbonyl (C=O) groups is 1. The van der Waals surface area contributed by atoms with E-state index in [1.54, 1.807) is 24.3 Å². The molecular weight excluding hydrogens is 306 g/mol. The number of oxazole rings is 1. The van der Waals surface area contributed by atoms with E-state index in [1.807, 2.05) is 37.4 Å². The summed E-state index contributed by atoms with van der Waals surface area (Å²) in [6, 6.07) is 17.0. The maximum absolute atomic E-state index is 12.1. The Morgan fingerprint density at radius 3 is 2.62 bits per heavy atom. The van der Waals surface area contributed by atoms with Gasteiger partial charge in [0.15, 0.2) is 5.58 Å². The van der Waals surface area contributed by atoms with Crippen LogP contribution in [-0.4, -0.2) is 30.6 Å². The molecule has 3 aromatic rings. The molecule has 6 nitrogen and oxygen atoms in total. The summed E-state index contributed by atoms with van der Waals surface area (Å²) in [4.78, 5) is 26.0. The standard InChI is InChI=1S/C18H19N3O3/c1-20(14-7-3-2-4-8-14)12-11-19-17(22)13-21-15-9-5-6-10-16(15)24-18(21)23/h2-10H,11-13H2,1H3,(H,19,22). The first-order chi connectivity index (χ1) is 11.6. The molecule has 0 aliphatic rings. The Morgan fingerprint density at radius 1 is 1.12 bits per heavy atom. The Balaban J connectivity index is 1.56. The van der Waals surface area contributed by atoms with E-state index in [0.717, 1.165) is 5.69 Å². The van der Waals surface area contributed by atoms with E-state index >= 15 is 0 Å². The number of benzene rings is 2. The van der Waals surface area contributed by atoms with Gasteiger partial charge in [-0.25, -0.2) is 4.79 Å². The first kappa shape index (κ1) is 15.9. The van der Waals surface area contributed by atoms with Gasteiger partial charge in [0.2, 0.25) is 5.91 Å². The molecule has 1 heterocycles. The predicted molar refractivity (Wildman–Crippen MR) is 93.2 cm³/mol. The third kappa shape index (κ3) is 3.48. The number of nitrogens with one attached hydrogen (secondary N) is 1. The fourth-order valence-electron chi connectivity index (χ4n) is 2.54. The zero-order valence-electron chi connectivity index (χ0n) is 13.4. The largest absolute Gasteiger partial charge is 0.420 e. The van der Waals surface area contributed by atoms with E-state index in [0.29, 0.717) is 24.2 Å². The molecule has 0 unspecified atom stereocenters. The van der Waals surface area contributed by atoms with E-state index in [9.17, 15) is 9.59 Å². The molecule has 0 atom stereocenters. The maximum Gasteiger partial charge on any atom is 0.420 e. The molecule has 0 aliphatic heterocycles. The Bertz CT molecular complexity index is 883. The van der Waals surface area contributed by atoms with Crippen molar-refractivity contribution in [1.82, 2.24) is 9.88 Å². The average molecular weight is 325 g/mol. The predicted octanol–water partition coefficient (Wildman–Crippen LogP) is 1.85. The highest BCUT2D eigenvalue weighted by atomic mass is 16.4. The summed E-state index contributed by atoms with van der Waals surface area (Å²) in [6.45, 7) is 1.12. The Kier molecular flexibility index (Phi) is 4.65. The summed E-state index contributed by atoms with van der Waals surface area (Å²) in [7, 11) is 1.97. The normalized spacial score (nSPS) is 10.7. The summed E-state index contributed by atoms with van der Waals surface area (Å²) in [5, 5.41) is 2.83. The van der Waals surface area contributed by atoms with Crippen molar-refractivity contribution >= 4 is 22.7 Å². The van der Waals surface area contributed by atoms with E-state index < -0.39 is 5.76 Å². The van der Waals surface area contributed by atoms with Crippen molar-refractivity contribution in [2.75, 3.05) is 25.0 Å². The van der Waals surface area contributed by atoms with Gasteiger partial charge >= 0.3 is 5.76 Å². The molecule has 0 saturated heterocycles. The van der Waals surface area contributed by atoms with Gasteiger partial charge in [-0.2, -0.15) is 0 Å². The lowest BCUT2D eigenvalue weighted by Gasteiger charge is -2.19. The van der Waals surface area contributed by atoms with Crippen LogP contribution in [0.1, 0.15) is 0 Å². The summed E-state index contributed by atoms with van der Waals surface area (Å²) < 4.78 is 6.46. The van der Waals surface area contributed by atoms with E-state index in [-0.39, 0.29) is 12.5 Å². The minimum atomic E-state index is -0.521. The molecule has 0 bridgehead atoms. The van der Waals surface area contributed by atoms with Crippen LogP contribution in [-0.2, 0) is 11.3 Å². The van der Waals surface area contributed by atoms with Crippen LogP contribution >= 0.6 is 0 Å². The summed E-state index contributed by atoms with van der Waals surface area (Å²) >= 11 is 0. The molecule has 1 N–H and O–H groups in total. The highest BCUT2D eigenvalue weighted by Gasteiger charge is 2.12. The fourth-order valence-corrected chi connectivity index (χ4v) is 2.54. The molecule has 0 spiro atoms. The van der Waals surface area contributed by atoms with Gasteiger partial charge in [-0.15, -0.1) is 0 Å². The second kappa shape index (κ2) is 7.04. The SMILES string of the molecule is CN(CCNC(=O)Cn1c(=O)oc2ccccc21)c1ccccc1. The summed E-state index contributed by atoms with van der Waals surface area (Å²) in [5.41, 5.74) is 2.20. The molecule has 3 rings (SSSR count). The third-order valence-electron chi connectivity index (χ3n) is 3.84. The lowest BCUT2D eigenvalue weighted by Crippen LogP contribution is -2.36. The highest BCUT2D eigenvalue weighted by molar-refractivity contribution is 5.79. The van der Waals surface area contributed by atoms with Crippen LogP contribution in [0.4, 0.5) is 5.69 Å². The fraction of sp³-hybridized carbons (Fsp3) is 0.222. The average Bonchev–Trinajstić information content (AvgIpc) is 2.91. The monoisotopic (exact) mass is 325 g/mol. The van der Waals surface area contributed by atoms with Gasteiger partial charge in [0.05, 0.1) is 5.52 Å². The molecule has 1 amide bonds. The number of para-hydroxylation sites is 3. The number of amides is 1. The Labute approximate surface area is 139 Å². The maximum atomic E-state index is 12.1. The third-order valence-corrected chi connectivity index (χ3v) is 3.84. The van der Waals surface area contributed by atoms with E-state index in [4.69, 9.17) is 4.42 Å². The number of hydrogen-bond donors (Lipinski definition) is 1. The molecule has 0 aliphatic carbocycles. The Morgan fingerprint density at radius 2 is 1.83 bits per heavy atom. The zero-order valence-corrected chi connectivity index (χ0v) is 13.4. The van der Waals surface area contributed by atoms with Crippen LogP contribution in [0.25, 0.3) is 11.1 Å². The number of rotatable bonds is 6. The van der Waals surface area contributed by atoms with E-state index in [1.165, 1.54) is 4.57 Å². The minimum absolute atomic E-state index is 0.0507. The minimum Gasteiger partial charge on any atom is -0.408 e.